The minimum Gasteiger partial charge on any atom is -0.292 e. The second-order valence-corrected chi connectivity index (χ2v) is 2.35. The van der Waals surface area contributed by atoms with Crippen LogP contribution in [0.15, 0.2) is 0 Å². The van der Waals surface area contributed by atoms with Gasteiger partial charge in [0.25, 0.3) is 0 Å². The maximum Gasteiger partial charge on any atom is 0.522 e. The normalized spacial score (nSPS) is 12.0. The van der Waals surface area contributed by atoms with Crippen LogP contribution in [0.3, 0.4) is 0 Å². The van der Waals surface area contributed by atoms with E-state index in [0.717, 1.165) is 19.3 Å². The van der Waals surface area contributed by atoms with Crippen LogP contribution in [0.1, 0.15) is 32.6 Å². The van der Waals surface area contributed by atoms with Crippen LogP contribution in [-0.2, 0) is 4.74 Å². The molecule has 0 aromatic heterocycles. The molecule has 0 bridgehead atoms. The van der Waals surface area contributed by atoms with Crippen molar-refractivity contribution in [3.05, 3.63) is 0 Å². The number of rotatable bonds is 5. The van der Waals surface area contributed by atoms with Crippen LogP contribution in [0.4, 0.5) is 13.2 Å². The third-order valence-electron chi connectivity index (χ3n) is 1.26. The van der Waals surface area contributed by atoms with E-state index < -0.39 is 6.36 Å². The molecule has 0 unspecified atom stereocenters. The Morgan fingerprint density at radius 2 is 1.73 bits per heavy atom. The summed E-state index contributed by atoms with van der Waals surface area (Å²) in [5, 5.41) is 0. The van der Waals surface area contributed by atoms with E-state index in [1.54, 1.807) is 0 Å². The molecule has 4 heteroatoms. The SMILES string of the molecule is CCCCCCOC(F)(F)F. The highest BCUT2D eigenvalue weighted by Crippen LogP contribution is 2.16. The predicted octanol–water partition coefficient (Wildman–Crippen LogP) is 3.10. The molecule has 0 aliphatic heterocycles. The Bertz CT molecular complexity index is 90.2. The molecule has 0 spiro atoms. The van der Waals surface area contributed by atoms with E-state index in [1.807, 2.05) is 6.92 Å². The lowest BCUT2D eigenvalue weighted by atomic mass is 10.2. The average molecular weight is 170 g/mol. The molecule has 0 aliphatic rings. The molecule has 0 N–H and O–H groups in total. The van der Waals surface area contributed by atoms with Gasteiger partial charge in [0, 0.05) is 0 Å². The van der Waals surface area contributed by atoms with Crippen molar-refractivity contribution in [2.45, 2.75) is 39.0 Å². The van der Waals surface area contributed by atoms with Crippen LogP contribution >= 0.6 is 0 Å². The summed E-state index contributed by atoms with van der Waals surface area (Å²) in [7, 11) is 0. The standard InChI is InChI=1S/C7H13F3O/c1-2-3-4-5-6-11-7(8,9)10/h2-6H2,1H3. The summed E-state index contributed by atoms with van der Waals surface area (Å²) in [6, 6.07) is 0. The lowest BCUT2D eigenvalue weighted by Crippen LogP contribution is -2.13. The van der Waals surface area contributed by atoms with Crippen molar-refractivity contribution in [1.82, 2.24) is 0 Å². The molecule has 0 amide bonds. The minimum absolute atomic E-state index is 0.205. The lowest BCUT2D eigenvalue weighted by molar-refractivity contribution is -0.324. The predicted molar refractivity (Wildman–Crippen MR) is 36.1 cm³/mol. The minimum atomic E-state index is -4.45. The average Bonchev–Trinajstić information content (AvgIpc) is 1.85. The summed E-state index contributed by atoms with van der Waals surface area (Å²) in [5.41, 5.74) is 0. The molecule has 0 radical (unpaired) electrons. The number of alkyl halides is 3. The van der Waals surface area contributed by atoms with E-state index in [1.165, 1.54) is 0 Å². The molecule has 0 saturated carbocycles. The Kier molecular flexibility index (Phi) is 5.28. The van der Waals surface area contributed by atoms with Crippen molar-refractivity contribution in [2.24, 2.45) is 0 Å². The molecule has 68 valence electrons. The van der Waals surface area contributed by atoms with E-state index in [-0.39, 0.29) is 6.61 Å². The Balaban J connectivity index is 3.02. The van der Waals surface area contributed by atoms with Crippen molar-refractivity contribution in [3.63, 3.8) is 0 Å². The van der Waals surface area contributed by atoms with Crippen LogP contribution in [0.5, 0.6) is 0 Å². The lowest BCUT2D eigenvalue weighted by Gasteiger charge is -2.05. The highest BCUT2D eigenvalue weighted by atomic mass is 19.4. The maximum absolute atomic E-state index is 11.3. The van der Waals surface area contributed by atoms with Gasteiger partial charge >= 0.3 is 6.36 Å². The molecule has 11 heavy (non-hydrogen) atoms. The summed E-state index contributed by atoms with van der Waals surface area (Å²) in [6.07, 6.45) is -1.15. The summed E-state index contributed by atoms with van der Waals surface area (Å²) in [4.78, 5) is 0. The molecular weight excluding hydrogens is 157 g/mol. The van der Waals surface area contributed by atoms with Gasteiger partial charge in [0.2, 0.25) is 0 Å². The fourth-order valence-electron chi connectivity index (χ4n) is 0.717. The Morgan fingerprint density at radius 1 is 1.09 bits per heavy atom. The molecule has 0 saturated heterocycles. The third kappa shape index (κ3) is 9.75. The quantitative estimate of drug-likeness (QED) is 0.576. The molecule has 0 heterocycles. The maximum atomic E-state index is 11.3. The molecule has 0 aromatic rings. The van der Waals surface area contributed by atoms with Crippen LogP contribution in [0.25, 0.3) is 0 Å². The zero-order chi connectivity index (χ0) is 8.74. The number of hydrogen-bond acceptors (Lipinski definition) is 1. The van der Waals surface area contributed by atoms with Gasteiger partial charge in [-0.05, 0) is 6.42 Å². The number of unbranched alkanes of at least 4 members (excludes halogenated alkanes) is 3. The van der Waals surface area contributed by atoms with Gasteiger partial charge in [-0.15, -0.1) is 13.2 Å². The smallest absolute Gasteiger partial charge is 0.292 e. The van der Waals surface area contributed by atoms with Gasteiger partial charge in [0.05, 0.1) is 6.61 Å². The van der Waals surface area contributed by atoms with Crippen molar-refractivity contribution >= 4 is 0 Å². The van der Waals surface area contributed by atoms with E-state index in [0.29, 0.717) is 6.42 Å². The van der Waals surface area contributed by atoms with Crippen molar-refractivity contribution < 1.29 is 17.9 Å². The second-order valence-electron chi connectivity index (χ2n) is 2.35. The molecule has 0 atom stereocenters. The van der Waals surface area contributed by atoms with Crippen molar-refractivity contribution in [1.29, 1.82) is 0 Å². The van der Waals surface area contributed by atoms with E-state index in [9.17, 15) is 13.2 Å². The largest absolute Gasteiger partial charge is 0.522 e. The summed E-state index contributed by atoms with van der Waals surface area (Å²) in [5.74, 6) is 0. The Morgan fingerprint density at radius 3 is 2.18 bits per heavy atom. The summed E-state index contributed by atoms with van der Waals surface area (Å²) >= 11 is 0. The van der Waals surface area contributed by atoms with Gasteiger partial charge in [-0.25, -0.2) is 0 Å². The first-order valence-corrected chi connectivity index (χ1v) is 3.77. The first-order valence-electron chi connectivity index (χ1n) is 3.77. The van der Waals surface area contributed by atoms with Crippen LogP contribution in [0.2, 0.25) is 0 Å². The number of halogens is 3. The topological polar surface area (TPSA) is 9.23 Å². The molecule has 0 aliphatic carbocycles. The summed E-state index contributed by atoms with van der Waals surface area (Å²) < 4.78 is 37.6. The van der Waals surface area contributed by atoms with E-state index in [4.69, 9.17) is 0 Å². The van der Waals surface area contributed by atoms with Gasteiger partial charge in [-0.1, -0.05) is 26.2 Å². The fraction of sp³-hybridized carbons (Fsp3) is 1.00. The number of ether oxygens (including phenoxy) is 1. The van der Waals surface area contributed by atoms with Gasteiger partial charge in [0.1, 0.15) is 0 Å². The van der Waals surface area contributed by atoms with E-state index in [2.05, 4.69) is 4.74 Å². The van der Waals surface area contributed by atoms with Gasteiger partial charge in [-0.3, -0.25) is 4.74 Å². The highest BCUT2D eigenvalue weighted by molar-refractivity contribution is 4.39. The fourth-order valence-corrected chi connectivity index (χ4v) is 0.717. The Hall–Kier alpha value is -0.250. The van der Waals surface area contributed by atoms with Crippen LogP contribution in [-0.4, -0.2) is 13.0 Å². The van der Waals surface area contributed by atoms with Crippen molar-refractivity contribution in [2.75, 3.05) is 6.61 Å². The molecule has 0 fully saturated rings. The Labute approximate surface area is 64.5 Å². The zero-order valence-corrected chi connectivity index (χ0v) is 6.58. The highest BCUT2D eigenvalue weighted by Gasteiger charge is 2.28. The van der Waals surface area contributed by atoms with Gasteiger partial charge < -0.3 is 0 Å². The van der Waals surface area contributed by atoms with Crippen LogP contribution < -0.4 is 0 Å². The first kappa shape index (κ1) is 10.8. The molecule has 1 nitrogen and oxygen atoms in total. The third-order valence-corrected chi connectivity index (χ3v) is 1.26. The van der Waals surface area contributed by atoms with Crippen molar-refractivity contribution in [3.8, 4) is 0 Å². The summed E-state index contributed by atoms with van der Waals surface area (Å²) in [6.45, 7) is 1.80. The monoisotopic (exact) mass is 170 g/mol. The van der Waals surface area contributed by atoms with E-state index >= 15 is 0 Å². The molecular formula is C7H13F3O. The van der Waals surface area contributed by atoms with Gasteiger partial charge in [-0.2, -0.15) is 0 Å². The zero-order valence-electron chi connectivity index (χ0n) is 6.58. The molecule has 0 rings (SSSR count). The molecule has 0 aromatic carbocycles. The second kappa shape index (κ2) is 5.41. The van der Waals surface area contributed by atoms with Gasteiger partial charge in [0.15, 0.2) is 0 Å². The first-order chi connectivity index (χ1) is 5.06. The number of hydrogen-bond donors (Lipinski definition) is 0. The van der Waals surface area contributed by atoms with Crippen LogP contribution in [0, 0.1) is 0 Å².